The molecule has 104 valence electrons. The Morgan fingerprint density at radius 2 is 1.86 bits per heavy atom. The average molecular weight is 274 g/mol. The lowest BCUT2D eigenvalue weighted by atomic mass is 9.87. The molecule has 0 spiro atoms. The van der Waals surface area contributed by atoms with Crippen molar-refractivity contribution in [3.63, 3.8) is 0 Å². The first-order valence-electron chi connectivity index (χ1n) is 7.64. The van der Waals surface area contributed by atoms with Crippen molar-refractivity contribution in [2.24, 2.45) is 10.9 Å². The van der Waals surface area contributed by atoms with Crippen LogP contribution in [-0.2, 0) is 0 Å². The monoisotopic (exact) mass is 274 g/mol. The van der Waals surface area contributed by atoms with Gasteiger partial charge >= 0.3 is 0 Å². The first-order valence-corrected chi connectivity index (χ1v) is 7.64. The molecule has 1 aromatic carbocycles. The highest BCUT2D eigenvalue weighted by Gasteiger charge is 2.35. The number of hydrogen-bond acceptors (Lipinski definition) is 2. The van der Waals surface area contributed by atoms with Crippen LogP contribution in [0.25, 0.3) is 11.3 Å². The molecule has 2 nitrogen and oxygen atoms in total. The summed E-state index contributed by atoms with van der Waals surface area (Å²) in [6.45, 7) is 0. The van der Waals surface area contributed by atoms with Crippen LogP contribution < -0.4 is 0 Å². The maximum atomic E-state index is 4.68. The van der Waals surface area contributed by atoms with E-state index in [-0.39, 0.29) is 0 Å². The van der Waals surface area contributed by atoms with Crippen LogP contribution in [0.5, 0.6) is 0 Å². The van der Waals surface area contributed by atoms with Gasteiger partial charge in [0.1, 0.15) is 0 Å². The molecule has 2 aliphatic rings. The SMILES string of the molecule is C1=NC=C(C(c2ccc(-c3ccccc3)nc2)C2CC2)C1. The fourth-order valence-corrected chi connectivity index (χ4v) is 3.15. The van der Waals surface area contributed by atoms with Crippen molar-refractivity contribution in [2.45, 2.75) is 25.2 Å². The normalized spacial score (nSPS) is 18.6. The van der Waals surface area contributed by atoms with Gasteiger partial charge < -0.3 is 0 Å². The van der Waals surface area contributed by atoms with Crippen LogP contribution in [0.3, 0.4) is 0 Å². The topological polar surface area (TPSA) is 25.2 Å². The Kier molecular flexibility index (Phi) is 3.15. The van der Waals surface area contributed by atoms with E-state index in [4.69, 9.17) is 0 Å². The summed E-state index contributed by atoms with van der Waals surface area (Å²) < 4.78 is 0. The van der Waals surface area contributed by atoms with Crippen LogP contribution in [0, 0.1) is 5.92 Å². The third kappa shape index (κ3) is 2.54. The molecule has 4 rings (SSSR count). The van der Waals surface area contributed by atoms with E-state index in [2.05, 4.69) is 52.6 Å². The van der Waals surface area contributed by atoms with Crippen LogP contribution in [0.15, 0.2) is 65.4 Å². The molecule has 2 heteroatoms. The van der Waals surface area contributed by atoms with Crippen molar-refractivity contribution in [2.75, 3.05) is 0 Å². The second-order valence-electron chi connectivity index (χ2n) is 5.90. The van der Waals surface area contributed by atoms with Gasteiger partial charge in [-0.15, -0.1) is 0 Å². The molecule has 1 aromatic heterocycles. The van der Waals surface area contributed by atoms with Gasteiger partial charge in [-0.3, -0.25) is 9.98 Å². The van der Waals surface area contributed by atoms with Gasteiger partial charge in [0.25, 0.3) is 0 Å². The molecular formula is C19H18N2. The highest BCUT2D eigenvalue weighted by atomic mass is 14.7. The summed E-state index contributed by atoms with van der Waals surface area (Å²) in [6.07, 6.45) is 9.79. The zero-order valence-corrected chi connectivity index (χ0v) is 11.9. The van der Waals surface area contributed by atoms with E-state index in [0.717, 1.165) is 18.0 Å². The Hall–Kier alpha value is -2.22. The first kappa shape index (κ1) is 12.5. The number of rotatable bonds is 4. The van der Waals surface area contributed by atoms with Gasteiger partial charge in [-0.25, -0.2) is 0 Å². The third-order valence-corrected chi connectivity index (χ3v) is 4.38. The van der Waals surface area contributed by atoms with Crippen LogP contribution in [0.2, 0.25) is 0 Å². The second-order valence-corrected chi connectivity index (χ2v) is 5.90. The lowest BCUT2D eigenvalue weighted by Gasteiger charge is -2.17. The number of hydrogen-bond donors (Lipinski definition) is 0. The highest BCUT2D eigenvalue weighted by Crippen LogP contribution is 2.47. The van der Waals surface area contributed by atoms with Crippen molar-refractivity contribution in [3.05, 3.63) is 66.0 Å². The van der Waals surface area contributed by atoms with Gasteiger partial charge in [-0.1, -0.05) is 36.4 Å². The summed E-state index contributed by atoms with van der Waals surface area (Å²) in [5.74, 6) is 1.31. The zero-order valence-electron chi connectivity index (χ0n) is 11.9. The summed E-state index contributed by atoms with van der Waals surface area (Å²) in [5.41, 5.74) is 5.02. The molecule has 0 radical (unpaired) electrons. The minimum Gasteiger partial charge on any atom is -0.269 e. The number of pyridine rings is 1. The van der Waals surface area contributed by atoms with Gasteiger partial charge in [0.15, 0.2) is 0 Å². The van der Waals surface area contributed by atoms with Crippen LogP contribution in [0.1, 0.15) is 30.7 Å². The Labute approximate surface area is 125 Å². The molecule has 1 saturated carbocycles. The molecule has 1 atom stereocenters. The smallest absolute Gasteiger partial charge is 0.0702 e. The van der Waals surface area contributed by atoms with Crippen molar-refractivity contribution in [1.29, 1.82) is 0 Å². The number of nitrogens with zero attached hydrogens (tertiary/aromatic N) is 2. The Morgan fingerprint density at radius 1 is 1.00 bits per heavy atom. The van der Waals surface area contributed by atoms with Gasteiger partial charge in [0.2, 0.25) is 0 Å². The van der Waals surface area contributed by atoms with Gasteiger partial charge in [0, 0.05) is 36.5 Å². The van der Waals surface area contributed by atoms with Gasteiger partial charge in [-0.2, -0.15) is 0 Å². The van der Waals surface area contributed by atoms with E-state index in [1.165, 1.54) is 29.5 Å². The molecule has 0 amide bonds. The average Bonchev–Trinajstić information content (AvgIpc) is 3.23. The molecule has 1 fully saturated rings. The zero-order chi connectivity index (χ0) is 14.1. The van der Waals surface area contributed by atoms with Crippen molar-refractivity contribution < 1.29 is 0 Å². The lowest BCUT2D eigenvalue weighted by molar-refractivity contribution is 0.680. The van der Waals surface area contributed by atoms with E-state index < -0.39 is 0 Å². The molecule has 2 heterocycles. The molecule has 0 N–H and O–H groups in total. The van der Waals surface area contributed by atoms with Gasteiger partial charge in [-0.05, 0) is 36.0 Å². The van der Waals surface area contributed by atoms with Crippen molar-refractivity contribution in [3.8, 4) is 11.3 Å². The molecule has 1 aliphatic heterocycles. The quantitative estimate of drug-likeness (QED) is 0.799. The summed E-state index contributed by atoms with van der Waals surface area (Å²) in [7, 11) is 0. The largest absolute Gasteiger partial charge is 0.269 e. The molecule has 21 heavy (non-hydrogen) atoms. The minimum atomic E-state index is 0.518. The lowest BCUT2D eigenvalue weighted by Crippen LogP contribution is -2.05. The number of aromatic nitrogens is 1. The van der Waals surface area contributed by atoms with Crippen LogP contribution in [0.4, 0.5) is 0 Å². The van der Waals surface area contributed by atoms with E-state index in [9.17, 15) is 0 Å². The first-order chi connectivity index (χ1) is 10.4. The fraction of sp³-hybridized carbons (Fsp3) is 0.263. The highest BCUT2D eigenvalue weighted by molar-refractivity contribution is 5.67. The molecule has 1 aliphatic carbocycles. The van der Waals surface area contributed by atoms with E-state index >= 15 is 0 Å². The maximum Gasteiger partial charge on any atom is 0.0702 e. The van der Waals surface area contributed by atoms with E-state index in [0.29, 0.717) is 5.92 Å². The summed E-state index contributed by atoms with van der Waals surface area (Å²) in [6, 6.07) is 14.8. The van der Waals surface area contributed by atoms with Crippen molar-refractivity contribution in [1.82, 2.24) is 4.98 Å². The predicted octanol–water partition coefficient (Wildman–Crippen LogP) is 4.60. The van der Waals surface area contributed by atoms with Crippen LogP contribution >= 0.6 is 0 Å². The maximum absolute atomic E-state index is 4.68. The van der Waals surface area contributed by atoms with Crippen LogP contribution in [-0.4, -0.2) is 11.2 Å². The van der Waals surface area contributed by atoms with Gasteiger partial charge in [0.05, 0.1) is 5.69 Å². The standard InChI is InChI=1S/C19H18N2/c1-2-4-14(5-3-1)18-9-8-16(13-21-18)19(15-6-7-15)17-10-11-20-12-17/h1-5,8-9,11-13,15,19H,6-7,10H2. The molecule has 1 unspecified atom stereocenters. The Morgan fingerprint density at radius 3 is 2.48 bits per heavy atom. The third-order valence-electron chi connectivity index (χ3n) is 4.38. The van der Waals surface area contributed by atoms with E-state index in [1.807, 2.05) is 18.5 Å². The Bertz CT molecular complexity index is 679. The minimum absolute atomic E-state index is 0.518. The second kappa shape index (κ2) is 5.28. The molecule has 0 saturated heterocycles. The molecular weight excluding hydrogens is 256 g/mol. The van der Waals surface area contributed by atoms with Crippen molar-refractivity contribution >= 4 is 6.21 Å². The van der Waals surface area contributed by atoms with E-state index in [1.54, 1.807) is 0 Å². The molecule has 0 bridgehead atoms. The summed E-state index contributed by atoms with van der Waals surface area (Å²) >= 11 is 0. The Balaban J connectivity index is 1.63. The number of aliphatic imine (C=N–C) groups is 1. The predicted molar refractivity (Wildman–Crippen MR) is 86.3 cm³/mol. The fourth-order valence-electron chi connectivity index (χ4n) is 3.15. The summed E-state index contributed by atoms with van der Waals surface area (Å²) in [4.78, 5) is 8.96. The number of allylic oxidation sites excluding steroid dienone is 1. The number of benzene rings is 1. The molecule has 2 aromatic rings. The summed E-state index contributed by atoms with van der Waals surface area (Å²) in [5, 5.41) is 0.